The van der Waals surface area contributed by atoms with Gasteiger partial charge in [0, 0.05) is 24.6 Å². The molecule has 8 rings (SSSR count). The van der Waals surface area contributed by atoms with Crippen LogP contribution in [0.2, 0.25) is 0 Å². The normalized spacial score (nSPS) is 19.2. The fourth-order valence-electron chi connectivity index (χ4n) is 7.88. The number of likely N-dealkylation sites (tertiary alicyclic amines) is 2. The zero-order valence-corrected chi connectivity index (χ0v) is 31.2. The molecular weight excluding hydrogens is 689 g/mol. The maximum atomic E-state index is 14.0. The predicted molar refractivity (Wildman–Crippen MR) is 209 cm³/mol. The molecule has 4 heterocycles. The third-order valence-corrected chi connectivity index (χ3v) is 10.9. The van der Waals surface area contributed by atoms with E-state index in [0.29, 0.717) is 18.8 Å². The lowest BCUT2D eigenvalue weighted by atomic mass is 10.0. The highest BCUT2D eigenvalue weighted by molar-refractivity contribution is 5.90. The molecule has 2 saturated heterocycles. The van der Waals surface area contributed by atoms with Crippen LogP contribution < -0.4 is 5.32 Å². The van der Waals surface area contributed by atoms with Gasteiger partial charge in [-0.25, -0.2) is 9.97 Å². The molecule has 3 aliphatic rings. The number of rotatable bonds is 10. The Kier molecular flexibility index (Phi) is 10.3. The van der Waals surface area contributed by atoms with Gasteiger partial charge in [-0.15, -0.1) is 0 Å². The number of aromatic amines is 2. The maximum Gasteiger partial charge on any atom is 0.250 e. The number of H-pyrrole nitrogens is 2. The Morgan fingerprint density at radius 2 is 1.33 bits per heavy atom. The fourth-order valence-corrected chi connectivity index (χ4v) is 7.88. The van der Waals surface area contributed by atoms with Crippen LogP contribution in [0.4, 0.5) is 0 Å². The van der Waals surface area contributed by atoms with Crippen LogP contribution in [0.5, 0.6) is 0 Å². The van der Waals surface area contributed by atoms with E-state index in [0.717, 1.165) is 78.1 Å². The molecule has 2 aliphatic heterocycles. The summed E-state index contributed by atoms with van der Waals surface area (Å²) in [5.74, 6) is 7.86. The number of aromatic nitrogens is 4. The summed E-state index contributed by atoms with van der Waals surface area (Å²) in [5, 5.41) is 3.04. The molecule has 3 aromatic carbocycles. The van der Waals surface area contributed by atoms with E-state index >= 15 is 0 Å². The first-order valence-corrected chi connectivity index (χ1v) is 19.2. The van der Waals surface area contributed by atoms with Gasteiger partial charge in [0.2, 0.25) is 17.7 Å². The molecule has 1 saturated carbocycles. The van der Waals surface area contributed by atoms with Crippen molar-refractivity contribution in [2.24, 2.45) is 5.92 Å². The highest BCUT2D eigenvalue weighted by atomic mass is 16.2. The van der Waals surface area contributed by atoms with E-state index in [-0.39, 0.29) is 41.8 Å². The summed E-state index contributed by atoms with van der Waals surface area (Å²) in [4.78, 5) is 62.6. The van der Waals surface area contributed by atoms with Crippen LogP contribution in [-0.4, -0.2) is 79.5 Å². The van der Waals surface area contributed by atoms with E-state index in [9.17, 15) is 14.4 Å². The number of nitrogens with one attached hydrogen (secondary N) is 3. The van der Waals surface area contributed by atoms with Crippen molar-refractivity contribution in [3.05, 3.63) is 131 Å². The number of carbonyl (C=O) groups is 3. The number of benzene rings is 3. The molecule has 3 N–H and O–H groups in total. The molecule has 0 spiro atoms. The first kappa shape index (κ1) is 36.0. The van der Waals surface area contributed by atoms with Gasteiger partial charge < -0.3 is 25.1 Å². The zero-order valence-electron chi connectivity index (χ0n) is 31.2. The minimum Gasteiger partial charge on any atom is -0.340 e. The van der Waals surface area contributed by atoms with E-state index < -0.39 is 6.04 Å². The molecular formula is C44H46N8O3. The number of imidazole rings is 2. The SMILES string of the molecule is CN(C)C(C(=O)N1CCCC1c1ncc(C#Cc2ccc(-c3cnc(C4CCCN4C(=O)C(NC(=O)C4CC4)c4ccccc4)[nH]3)cc2)[nH]1)c1ccccc1. The van der Waals surface area contributed by atoms with Crippen molar-refractivity contribution in [1.29, 1.82) is 0 Å². The van der Waals surface area contributed by atoms with Crippen molar-refractivity contribution < 1.29 is 14.4 Å². The summed E-state index contributed by atoms with van der Waals surface area (Å²) in [7, 11) is 3.88. The Morgan fingerprint density at radius 3 is 1.96 bits per heavy atom. The van der Waals surface area contributed by atoms with Crippen LogP contribution >= 0.6 is 0 Å². The van der Waals surface area contributed by atoms with Crippen LogP contribution in [0, 0.1) is 17.8 Å². The second kappa shape index (κ2) is 15.8. The second-order valence-electron chi connectivity index (χ2n) is 15.0. The molecule has 4 atom stereocenters. The molecule has 0 radical (unpaired) electrons. The number of amides is 3. The van der Waals surface area contributed by atoms with Gasteiger partial charge in [-0.05, 0) is 87.4 Å². The Labute approximate surface area is 321 Å². The molecule has 55 heavy (non-hydrogen) atoms. The largest absolute Gasteiger partial charge is 0.340 e. The molecule has 3 amide bonds. The van der Waals surface area contributed by atoms with Gasteiger partial charge in [0.15, 0.2) is 0 Å². The van der Waals surface area contributed by atoms with Crippen molar-refractivity contribution in [3.8, 4) is 23.1 Å². The Balaban J connectivity index is 0.925. The van der Waals surface area contributed by atoms with Gasteiger partial charge in [0.1, 0.15) is 29.4 Å². The molecule has 11 heteroatoms. The predicted octanol–water partition coefficient (Wildman–Crippen LogP) is 6.10. The van der Waals surface area contributed by atoms with E-state index in [2.05, 4.69) is 32.1 Å². The third-order valence-electron chi connectivity index (χ3n) is 10.9. The minimum absolute atomic E-state index is 0.00479. The topological polar surface area (TPSA) is 130 Å². The molecule has 0 bridgehead atoms. The molecule has 1 aliphatic carbocycles. The Morgan fingerprint density at radius 1 is 0.727 bits per heavy atom. The van der Waals surface area contributed by atoms with Crippen LogP contribution in [0.25, 0.3) is 11.3 Å². The number of hydrogen-bond acceptors (Lipinski definition) is 6. The standard InChI is InChI=1S/C44H46N8O3/c1-50(2)39(32-13-7-4-8-14-32)44(55)52-26-10-15-36(52)40-45-27-34(47-40)24-19-29-17-20-30(21-18-29)35-28-46-41(48-35)37-16-9-25-51(37)43(54)38(31-11-5-3-6-12-31)49-42(53)33-22-23-33/h3-8,11-14,17-18,20-21,27-28,33,36-39H,9-10,15-16,22-23,25-26H2,1-2H3,(H,45,47)(H,46,48)(H,49,53). The van der Waals surface area contributed by atoms with Gasteiger partial charge in [-0.2, -0.15) is 0 Å². The van der Waals surface area contributed by atoms with E-state index in [1.54, 1.807) is 6.20 Å². The van der Waals surface area contributed by atoms with Gasteiger partial charge in [-0.1, -0.05) is 78.7 Å². The van der Waals surface area contributed by atoms with Crippen LogP contribution in [0.1, 0.15) is 96.7 Å². The van der Waals surface area contributed by atoms with Crippen LogP contribution in [0.15, 0.2) is 97.3 Å². The van der Waals surface area contributed by atoms with Crippen molar-refractivity contribution in [1.82, 2.24) is 40.0 Å². The summed E-state index contributed by atoms with van der Waals surface area (Å²) < 4.78 is 0. The second-order valence-corrected chi connectivity index (χ2v) is 15.0. The number of carbonyl (C=O) groups excluding carboxylic acids is 3. The van der Waals surface area contributed by atoms with Crippen LogP contribution in [-0.2, 0) is 14.4 Å². The summed E-state index contributed by atoms with van der Waals surface area (Å²) in [6.45, 7) is 1.30. The van der Waals surface area contributed by atoms with E-state index in [1.807, 2.05) is 120 Å². The Bertz CT molecular complexity index is 2200. The maximum absolute atomic E-state index is 14.0. The van der Waals surface area contributed by atoms with Gasteiger partial charge in [0.25, 0.3) is 0 Å². The lowest BCUT2D eigenvalue weighted by Gasteiger charge is -2.31. The lowest BCUT2D eigenvalue weighted by molar-refractivity contribution is -0.138. The molecule has 11 nitrogen and oxygen atoms in total. The monoisotopic (exact) mass is 734 g/mol. The molecule has 5 aromatic rings. The smallest absolute Gasteiger partial charge is 0.250 e. The number of nitrogens with zero attached hydrogens (tertiary/aromatic N) is 5. The van der Waals surface area contributed by atoms with Gasteiger partial charge >= 0.3 is 0 Å². The highest BCUT2D eigenvalue weighted by Crippen LogP contribution is 2.36. The number of hydrogen-bond donors (Lipinski definition) is 3. The third kappa shape index (κ3) is 7.82. The van der Waals surface area contributed by atoms with E-state index in [1.165, 1.54) is 0 Å². The van der Waals surface area contributed by atoms with Gasteiger partial charge in [0.05, 0.1) is 30.2 Å². The van der Waals surface area contributed by atoms with Crippen molar-refractivity contribution in [2.75, 3.05) is 27.2 Å². The summed E-state index contributed by atoms with van der Waals surface area (Å²) in [6, 6.07) is 25.9. The molecule has 280 valence electrons. The van der Waals surface area contributed by atoms with Crippen LogP contribution in [0.3, 0.4) is 0 Å². The minimum atomic E-state index is -0.728. The first-order valence-electron chi connectivity index (χ1n) is 19.2. The quantitative estimate of drug-likeness (QED) is 0.149. The molecule has 4 unspecified atom stereocenters. The molecule has 2 aromatic heterocycles. The van der Waals surface area contributed by atoms with E-state index in [4.69, 9.17) is 4.98 Å². The number of likely N-dealkylation sites (N-methyl/N-ethyl adjacent to an activating group) is 1. The zero-order chi connectivity index (χ0) is 37.9. The highest BCUT2D eigenvalue weighted by Gasteiger charge is 2.40. The average molecular weight is 735 g/mol. The summed E-state index contributed by atoms with van der Waals surface area (Å²) in [5.41, 5.74) is 5.12. The lowest BCUT2D eigenvalue weighted by Crippen LogP contribution is -2.43. The molecule has 3 fully saturated rings. The first-order chi connectivity index (χ1) is 26.8. The van der Waals surface area contributed by atoms with Gasteiger partial charge in [-0.3, -0.25) is 19.3 Å². The van der Waals surface area contributed by atoms with Crippen molar-refractivity contribution in [3.63, 3.8) is 0 Å². The average Bonchev–Trinajstić information content (AvgIpc) is 3.64. The Hall–Kier alpha value is -5.99. The summed E-state index contributed by atoms with van der Waals surface area (Å²) in [6.07, 6.45) is 8.72. The van der Waals surface area contributed by atoms with Crippen molar-refractivity contribution >= 4 is 17.7 Å². The van der Waals surface area contributed by atoms with Crippen molar-refractivity contribution in [2.45, 2.75) is 62.7 Å². The summed E-state index contributed by atoms with van der Waals surface area (Å²) >= 11 is 0. The fraction of sp³-hybridized carbons (Fsp3) is 0.341.